The number of aromatic nitrogens is 2. The van der Waals surface area contributed by atoms with Crippen LogP contribution in [0.1, 0.15) is 5.69 Å². The van der Waals surface area contributed by atoms with Crippen molar-refractivity contribution < 1.29 is 4.43 Å². The third-order valence-electron chi connectivity index (χ3n) is 2.12. The summed E-state index contributed by atoms with van der Waals surface area (Å²) in [5, 5.41) is 0. The number of benzene rings is 1. The molecular formula is C13H14N3OSi. The van der Waals surface area contributed by atoms with Crippen molar-refractivity contribution in [2.24, 2.45) is 4.99 Å². The average molecular weight is 256 g/mol. The molecule has 91 valence electrons. The van der Waals surface area contributed by atoms with Gasteiger partial charge < -0.3 is 4.43 Å². The Labute approximate surface area is 108 Å². The Morgan fingerprint density at radius 2 is 2.06 bits per heavy atom. The summed E-state index contributed by atoms with van der Waals surface area (Å²) in [6.45, 7) is 4.19. The zero-order valence-electron chi connectivity index (χ0n) is 10.4. The SMILES string of the molecule is C[Si](C)Oc1ccccc1N=Cc1ccncn1. The van der Waals surface area contributed by atoms with E-state index in [-0.39, 0.29) is 0 Å². The van der Waals surface area contributed by atoms with E-state index in [9.17, 15) is 0 Å². The highest BCUT2D eigenvalue weighted by molar-refractivity contribution is 6.49. The topological polar surface area (TPSA) is 47.4 Å². The van der Waals surface area contributed by atoms with Crippen LogP contribution in [0.2, 0.25) is 13.1 Å². The summed E-state index contributed by atoms with van der Waals surface area (Å²) in [5.41, 5.74) is 1.60. The lowest BCUT2D eigenvalue weighted by molar-refractivity contribution is 0.582. The van der Waals surface area contributed by atoms with E-state index in [2.05, 4.69) is 28.1 Å². The van der Waals surface area contributed by atoms with Crippen LogP contribution in [0.3, 0.4) is 0 Å². The molecule has 0 amide bonds. The van der Waals surface area contributed by atoms with E-state index in [0.29, 0.717) is 0 Å². The second kappa shape index (κ2) is 6.06. The van der Waals surface area contributed by atoms with E-state index in [1.807, 2.05) is 30.3 Å². The maximum atomic E-state index is 5.79. The molecule has 2 rings (SSSR count). The van der Waals surface area contributed by atoms with Gasteiger partial charge in [0.15, 0.2) is 0 Å². The predicted molar refractivity (Wildman–Crippen MR) is 73.8 cm³/mol. The molecule has 0 atom stereocenters. The average Bonchev–Trinajstić information content (AvgIpc) is 2.38. The van der Waals surface area contributed by atoms with Gasteiger partial charge in [-0.05, 0) is 31.3 Å². The van der Waals surface area contributed by atoms with Crippen LogP contribution in [0.25, 0.3) is 0 Å². The Morgan fingerprint density at radius 1 is 1.22 bits per heavy atom. The second-order valence-electron chi connectivity index (χ2n) is 3.87. The van der Waals surface area contributed by atoms with Gasteiger partial charge in [0.2, 0.25) is 0 Å². The Morgan fingerprint density at radius 3 is 2.78 bits per heavy atom. The van der Waals surface area contributed by atoms with E-state index in [4.69, 9.17) is 4.43 Å². The van der Waals surface area contributed by atoms with E-state index in [1.165, 1.54) is 6.33 Å². The van der Waals surface area contributed by atoms with Gasteiger partial charge in [0.05, 0.1) is 11.9 Å². The van der Waals surface area contributed by atoms with Gasteiger partial charge in [0, 0.05) is 6.20 Å². The van der Waals surface area contributed by atoms with Crippen LogP contribution in [-0.2, 0) is 0 Å². The van der Waals surface area contributed by atoms with Crippen molar-refractivity contribution in [1.82, 2.24) is 9.97 Å². The van der Waals surface area contributed by atoms with Gasteiger partial charge in [0.25, 0.3) is 9.04 Å². The molecule has 0 aliphatic carbocycles. The minimum atomic E-state index is -0.790. The predicted octanol–water partition coefficient (Wildman–Crippen LogP) is 2.86. The zero-order valence-corrected chi connectivity index (χ0v) is 11.4. The molecule has 18 heavy (non-hydrogen) atoms. The minimum Gasteiger partial charge on any atom is -0.541 e. The van der Waals surface area contributed by atoms with Crippen LogP contribution in [0, 0.1) is 0 Å². The van der Waals surface area contributed by atoms with E-state index in [1.54, 1.807) is 12.4 Å². The van der Waals surface area contributed by atoms with E-state index >= 15 is 0 Å². The normalized spacial score (nSPS) is 11.1. The molecular weight excluding hydrogens is 242 g/mol. The summed E-state index contributed by atoms with van der Waals surface area (Å²) in [4.78, 5) is 12.4. The minimum absolute atomic E-state index is 0.776. The van der Waals surface area contributed by atoms with Crippen LogP contribution in [-0.4, -0.2) is 25.2 Å². The highest BCUT2D eigenvalue weighted by Crippen LogP contribution is 2.27. The molecule has 1 aromatic heterocycles. The molecule has 0 fully saturated rings. The molecule has 1 aromatic carbocycles. The molecule has 0 aliphatic rings. The van der Waals surface area contributed by atoms with Crippen molar-refractivity contribution in [2.45, 2.75) is 13.1 Å². The van der Waals surface area contributed by atoms with E-state index < -0.39 is 9.04 Å². The number of hydrogen-bond donors (Lipinski definition) is 0. The molecule has 2 aromatic rings. The largest absolute Gasteiger partial charge is 0.541 e. The number of nitrogens with zero attached hydrogens (tertiary/aromatic N) is 3. The van der Waals surface area contributed by atoms with Crippen LogP contribution in [0.15, 0.2) is 47.8 Å². The highest BCUT2D eigenvalue weighted by Gasteiger charge is 2.04. The van der Waals surface area contributed by atoms with Gasteiger partial charge in [-0.1, -0.05) is 12.1 Å². The first kappa shape index (κ1) is 12.4. The van der Waals surface area contributed by atoms with Crippen LogP contribution in [0.4, 0.5) is 5.69 Å². The van der Waals surface area contributed by atoms with E-state index in [0.717, 1.165) is 17.1 Å². The van der Waals surface area contributed by atoms with Crippen molar-refractivity contribution in [3.63, 3.8) is 0 Å². The Bertz CT molecular complexity index is 529. The van der Waals surface area contributed by atoms with Gasteiger partial charge >= 0.3 is 0 Å². The van der Waals surface area contributed by atoms with Gasteiger partial charge in [-0.3, -0.25) is 4.99 Å². The summed E-state index contributed by atoms with van der Waals surface area (Å²) in [7, 11) is -0.790. The van der Waals surface area contributed by atoms with Crippen molar-refractivity contribution in [2.75, 3.05) is 0 Å². The monoisotopic (exact) mass is 256 g/mol. The fraction of sp³-hybridized carbons (Fsp3) is 0.154. The first-order valence-corrected chi connectivity index (χ1v) is 8.03. The van der Waals surface area contributed by atoms with Gasteiger partial charge in [-0.25, -0.2) is 9.97 Å². The third-order valence-corrected chi connectivity index (χ3v) is 2.75. The highest BCUT2D eigenvalue weighted by atomic mass is 28.3. The fourth-order valence-electron chi connectivity index (χ4n) is 1.38. The molecule has 1 heterocycles. The molecule has 0 aliphatic heterocycles. The molecule has 4 nitrogen and oxygen atoms in total. The molecule has 0 unspecified atom stereocenters. The third kappa shape index (κ3) is 3.49. The first-order valence-electron chi connectivity index (χ1n) is 5.63. The van der Waals surface area contributed by atoms with Crippen LogP contribution >= 0.6 is 0 Å². The molecule has 0 spiro atoms. The van der Waals surface area contributed by atoms with Crippen LogP contribution < -0.4 is 4.43 Å². The Kier molecular flexibility index (Phi) is 4.19. The van der Waals surface area contributed by atoms with Crippen molar-refractivity contribution in [1.29, 1.82) is 0 Å². The number of hydrogen-bond acceptors (Lipinski definition) is 4. The van der Waals surface area contributed by atoms with Crippen molar-refractivity contribution in [3.8, 4) is 5.75 Å². The lowest BCUT2D eigenvalue weighted by Crippen LogP contribution is -2.11. The molecule has 0 N–H and O–H groups in total. The molecule has 1 radical (unpaired) electrons. The first-order chi connectivity index (χ1) is 8.75. The molecule has 0 bridgehead atoms. The van der Waals surface area contributed by atoms with Gasteiger partial charge in [0.1, 0.15) is 17.8 Å². The Balaban J connectivity index is 2.21. The summed E-state index contributed by atoms with van der Waals surface area (Å²) >= 11 is 0. The number of para-hydroxylation sites is 2. The summed E-state index contributed by atoms with van der Waals surface area (Å²) in [6.07, 6.45) is 4.90. The van der Waals surface area contributed by atoms with Crippen LogP contribution in [0.5, 0.6) is 5.75 Å². The molecule has 0 saturated heterocycles. The fourth-order valence-corrected chi connectivity index (χ4v) is 2.00. The van der Waals surface area contributed by atoms with Gasteiger partial charge in [-0.2, -0.15) is 0 Å². The summed E-state index contributed by atoms with van der Waals surface area (Å²) < 4.78 is 5.79. The molecule has 5 heteroatoms. The number of aliphatic imine (C=N–C) groups is 1. The smallest absolute Gasteiger partial charge is 0.274 e. The Hall–Kier alpha value is -2.01. The number of rotatable bonds is 4. The zero-order chi connectivity index (χ0) is 12.8. The maximum Gasteiger partial charge on any atom is 0.274 e. The summed E-state index contributed by atoms with van der Waals surface area (Å²) in [5.74, 6) is 0.821. The molecule has 0 saturated carbocycles. The standard InChI is InChI=1S/C13H14N3OSi/c1-18(2)17-13-6-4-3-5-12(13)15-9-11-7-8-14-10-16-11/h3-10H,1-2H3. The lowest BCUT2D eigenvalue weighted by atomic mass is 10.3. The quantitative estimate of drug-likeness (QED) is 0.624. The second-order valence-corrected chi connectivity index (χ2v) is 5.89. The maximum absolute atomic E-state index is 5.79. The lowest BCUT2D eigenvalue weighted by Gasteiger charge is -2.10. The summed E-state index contributed by atoms with van der Waals surface area (Å²) in [6, 6.07) is 9.56. The van der Waals surface area contributed by atoms with Gasteiger partial charge in [-0.15, -0.1) is 0 Å². The van der Waals surface area contributed by atoms with Crippen molar-refractivity contribution in [3.05, 3.63) is 48.5 Å². The van der Waals surface area contributed by atoms with Crippen molar-refractivity contribution >= 4 is 20.9 Å².